The van der Waals surface area contributed by atoms with Crippen molar-refractivity contribution >= 4 is 23.4 Å². The second-order valence-corrected chi connectivity index (χ2v) is 8.68. The van der Waals surface area contributed by atoms with E-state index in [2.05, 4.69) is 10.3 Å². The summed E-state index contributed by atoms with van der Waals surface area (Å²) in [5, 5.41) is 2.27. The second kappa shape index (κ2) is 8.98. The molecule has 0 spiro atoms. The van der Waals surface area contributed by atoms with Gasteiger partial charge in [-0.25, -0.2) is 13.8 Å². The first-order valence-corrected chi connectivity index (χ1v) is 10.9. The third-order valence-corrected chi connectivity index (χ3v) is 6.20. The number of hydrogen-bond donors (Lipinski definition) is 1. The van der Waals surface area contributed by atoms with E-state index in [1.54, 1.807) is 13.0 Å². The zero-order chi connectivity index (χ0) is 24.8. The number of pyridine rings is 1. The molecular formula is C23H19ClF5N3O2. The van der Waals surface area contributed by atoms with Gasteiger partial charge in [0, 0.05) is 11.6 Å². The molecule has 1 saturated heterocycles. The number of halogens is 6. The number of nitrogens with one attached hydrogen (secondary N) is 1. The average Bonchev–Trinajstić information content (AvgIpc) is 3.55. The van der Waals surface area contributed by atoms with Crippen LogP contribution in [0.1, 0.15) is 54.0 Å². The maximum atomic E-state index is 14.5. The molecule has 0 radical (unpaired) electrons. The van der Waals surface area contributed by atoms with Crippen LogP contribution in [0.5, 0.6) is 0 Å². The van der Waals surface area contributed by atoms with Gasteiger partial charge >= 0.3 is 6.18 Å². The lowest BCUT2D eigenvalue weighted by molar-refractivity contribution is -0.141. The molecule has 3 atom stereocenters. The van der Waals surface area contributed by atoms with E-state index in [1.807, 2.05) is 0 Å². The van der Waals surface area contributed by atoms with E-state index < -0.39 is 64.2 Å². The molecule has 0 saturated carbocycles. The van der Waals surface area contributed by atoms with Crippen LogP contribution in [0, 0.1) is 11.6 Å². The summed E-state index contributed by atoms with van der Waals surface area (Å²) < 4.78 is 67.6. The quantitative estimate of drug-likeness (QED) is 0.349. The molecule has 2 heterocycles. The van der Waals surface area contributed by atoms with Crippen molar-refractivity contribution in [2.75, 3.05) is 0 Å². The molecule has 2 aliphatic rings. The Morgan fingerprint density at radius 2 is 1.88 bits per heavy atom. The molecule has 4 rings (SSSR count). The summed E-state index contributed by atoms with van der Waals surface area (Å²) in [5.41, 5.74) is -1.10. The Morgan fingerprint density at radius 3 is 2.53 bits per heavy atom. The Hall–Kier alpha value is -3.01. The second-order valence-electron chi connectivity index (χ2n) is 8.27. The van der Waals surface area contributed by atoms with E-state index in [0.717, 1.165) is 30.3 Å². The molecule has 1 aromatic carbocycles. The Kier molecular flexibility index (Phi) is 6.37. The van der Waals surface area contributed by atoms with Gasteiger partial charge < -0.3 is 10.2 Å². The fourth-order valence-corrected chi connectivity index (χ4v) is 4.24. The first kappa shape index (κ1) is 24.1. The minimum atomic E-state index is -4.73. The SMILES string of the molecule is C[C@@H]1CC[C@H](C(=O)N[C@H](C2=CC2)c2cc(F)c(Cl)cc2F)N1C(=O)c1cccc(C(F)(F)F)n1. The van der Waals surface area contributed by atoms with E-state index in [-0.39, 0.29) is 12.0 Å². The number of carbonyl (C=O) groups excluding carboxylic acids is 2. The molecule has 11 heteroatoms. The zero-order valence-corrected chi connectivity index (χ0v) is 18.6. The number of aromatic nitrogens is 1. The van der Waals surface area contributed by atoms with E-state index >= 15 is 0 Å². The Morgan fingerprint density at radius 1 is 1.18 bits per heavy atom. The molecule has 180 valence electrons. The number of amides is 2. The van der Waals surface area contributed by atoms with Crippen LogP contribution in [-0.2, 0) is 11.0 Å². The molecule has 34 heavy (non-hydrogen) atoms. The van der Waals surface area contributed by atoms with Gasteiger partial charge in [0.05, 0.1) is 11.1 Å². The molecule has 1 aliphatic carbocycles. The molecule has 1 fully saturated rings. The number of likely N-dealkylation sites (tertiary alicyclic amines) is 1. The van der Waals surface area contributed by atoms with Crippen molar-refractivity contribution in [1.82, 2.24) is 15.2 Å². The number of benzene rings is 1. The van der Waals surface area contributed by atoms with Gasteiger partial charge in [-0.3, -0.25) is 9.59 Å². The van der Waals surface area contributed by atoms with Crippen LogP contribution >= 0.6 is 11.6 Å². The fraction of sp³-hybridized carbons (Fsp3) is 0.348. The minimum absolute atomic E-state index is 0.109. The molecule has 2 aromatic rings. The number of carbonyl (C=O) groups is 2. The molecule has 5 nitrogen and oxygen atoms in total. The lowest BCUT2D eigenvalue weighted by atomic mass is 10.0. The van der Waals surface area contributed by atoms with Crippen molar-refractivity contribution in [3.63, 3.8) is 0 Å². The van der Waals surface area contributed by atoms with Gasteiger partial charge in [0.25, 0.3) is 5.91 Å². The van der Waals surface area contributed by atoms with E-state index in [1.165, 1.54) is 4.90 Å². The predicted molar refractivity (Wildman–Crippen MR) is 113 cm³/mol. The van der Waals surface area contributed by atoms with E-state index in [4.69, 9.17) is 11.6 Å². The largest absolute Gasteiger partial charge is 0.433 e. The topological polar surface area (TPSA) is 62.3 Å². The first-order valence-electron chi connectivity index (χ1n) is 10.5. The van der Waals surface area contributed by atoms with Gasteiger partial charge in [0.15, 0.2) is 0 Å². The summed E-state index contributed by atoms with van der Waals surface area (Å²) >= 11 is 5.63. The van der Waals surface area contributed by atoms with Gasteiger partial charge in [-0.15, -0.1) is 0 Å². The summed E-state index contributed by atoms with van der Waals surface area (Å²) in [5.74, 6) is -3.09. The van der Waals surface area contributed by atoms with Crippen LogP contribution in [0.4, 0.5) is 22.0 Å². The van der Waals surface area contributed by atoms with E-state index in [9.17, 15) is 31.5 Å². The summed E-state index contributed by atoms with van der Waals surface area (Å²) in [6.45, 7) is 1.67. The highest BCUT2D eigenvalue weighted by atomic mass is 35.5. The summed E-state index contributed by atoms with van der Waals surface area (Å²) in [7, 11) is 0. The van der Waals surface area contributed by atoms with Crippen molar-refractivity contribution in [3.05, 3.63) is 75.6 Å². The van der Waals surface area contributed by atoms with E-state index in [0.29, 0.717) is 18.4 Å². The van der Waals surface area contributed by atoms with Crippen molar-refractivity contribution in [1.29, 1.82) is 0 Å². The Balaban J connectivity index is 1.58. The number of allylic oxidation sites excluding steroid dienone is 1. The molecule has 0 bridgehead atoms. The minimum Gasteiger partial charge on any atom is -0.344 e. The standard InChI is InChI=1S/C23H19ClF5N3O2/c1-11-5-8-18(32(11)22(34)17-3-2-4-19(30-17)23(27,28)29)21(33)31-20(12-6-7-12)13-9-16(26)14(24)10-15(13)25/h2-4,6,9-11,18,20H,5,7-8H2,1H3,(H,31,33)/t11-,18-,20-/m1/s1. The number of rotatable bonds is 5. The molecule has 2 amide bonds. The third-order valence-electron chi connectivity index (χ3n) is 5.91. The Labute approximate surface area is 196 Å². The smallest absolute Gasteiger partial charge is 0.344 e. The predicted octanol–water partition coefficient (Wildman–Crippen LogP) is 5.21. The van der Waals surface area contributed by atoms with Crippen molar-refractivity contribution in [3.8, 4) is 0 Å². The molecular weight excluding hydrogens is 481 g/mol. The fourth-order valence-electron chi connectivity index (χ4n) is 4.09. The highest BCUT2D eigenvalue weighted by molar-refractivity contribution is 6.30. The first-order chi connectivity index (χ1) is 16.0. The normalized spacial score (nSPS) is 20.7. The van der Waals surface area contributed by atoms with Gasteiger partial charge in [-0.2, -0.15) is 13.2 Å². The molecule has 1 aliphatic heterocycles. The molecule has 1 N–H and O–H groups in total. The van der Waals surface area contributed by atoms with Crippen LogP contribution in [0.15, 0.2) is 42.0 Å². The monoisotopic (exact) mass is 499 g/mol. The maximum absolute atomic E-state index is 14.5. The van der Waals surface area contributed by atoms with Crippen LogP contribution in [-0.4, -0.2) is 33.8 Å². The zero-order valence-electron chi connectivity index (χ0n) is 17.8. The van der Waals surface area contributed by atoms with Crippen LogP contribution in [0.2, 0.25) is 5.02 Å². The lowest BCUT2D eigenvalue weighted by Crippen LogP contribution is -2.49. The highest BCUT2D eigenvalue weighted by Crippen LogP contribution is 2.37. The van der Waals surface area contributed by atoms with Crippen molar-refractivity contribution < 1.29 is 31.5 Å². The van der Waals surface area contributed by atoms with Gasteiger partial charge in [0.1, 0.15) is 29.1 Å². The maximum Gasteiger partial charge on any atom is 0.433 e. The van der Waals surface area contributed by atoms with Gasteiger partial charge in [-0.1, -0.05) is 23.7 Å². The van der Waals surface area contributed by atoms with Crippen LogP contribution < -0.4 is 5.32 Å². The highest BCUT2D eigenvalue weighted by Gasteiger charge is 2.42. The average molecular weight is 500 g/mol. The molecule has 0 unspecified atom stereocenters. The Bertz CT molecular complexity index is 1180. The van der Waals surface area contributed by atoms with Crippen molar-refractivity contribution in [2.45, 2.75) is 50.5 Å². The number of alkyl halides is 3. The third kappa shape index (κ3) is 4.77. The summed E-state index contributed by atoms with van der Waals surface area (Å²) in [6, 6.07) is 2.30. The van der Waals surface area contributed by atoms with Crippen LogP contribution in [0.25, 0.3) is 0 Å². The number of hydrogen-bond acceptors (Lipinski definition) is 3. The molecule has 1 aromatic heterocycles. The van der Waals surface area contributed by atoms with Crippen LogP contribution in [0.3, 0.4) is 0 Å². The summed E-state index contributed by atoms with van der Waals surface area (Å²) in [6.07, 6.45) is -1.82. The lowest BCUT2D eigenvalue weighted by Gasteiger charge is -2.29. The van der Waals surface area contributed by atoms with Gasteiger partial charge in [0.2, 0.25) is 5.91 Å². The summed E-state index contributed by atoms with van der Waals surface area (Å²) in [4.78, 5) is 30.9. The van der Waals surface area contributed by atoms with Gasteiger partial charge in [-0.05, 0) is 56.0 Å². The van der Waals surface area contributed by atoms with Crippen molar-refractivity contribution in [2.24, 2.45) is 0 Å². The number of nitrogens with zero attached hydrogens (tertiary/aromatic N) is 2.